The highest BCUT2D eigenvalue weighted by Gasteiger charge is 2.33. The molecule has 0 saturated heterocycles. The Morgan fingerprint density at radius 3 is 2.00 bits per heavy atom. The average Bonchev–Trinajstić information content (AvgIpc) is 2.20. The SMILES string of the molecule is C=C(C)C(=O)OCC(CF)(CF)CF. The minimum absolute atomic E-state index is 0.107. The lowest BCUT2D eigenvalue weighted by atomic mass is 9.95. The largest absolute Gasteiger partial charge is 0.461 e. The molecule has 0 heterocycles. The third-order valence-electron chi connectivity index (χ3n) is 1.71. The van der Waals surface area contributed by atoms with Gasteiger partial charge in [-0.3, -0.25) is 13.2 Å². The van der Waals surface area contributed by atoms with Crippen LogP contribution in [0.2, 0.25) is 0 Å². The van der Waals surface area contributed by atoms with Gasteiger partial charge in [-0.05, 0) is 6.92 Å². The highest BCUT2D eigenvalue weighted by atomic mass is 19.1. The van der Waals surface area contributed by atoms with Gasteiger partial charge in [-0.15, -0.1) is 0 Å². The van der Waals surface area contributed by atoms with Gasteiger partial charge < -0.3 is 4.74 Å². The summed E-state index contributed by atoms with van der Waals surface area (Å²) in [6, 6.07) is 0. The van der Waals surface area contributed by atoms with Crippen molar-refractivity contribution in [1.82, 2.24) is 0 Å². The zero-order valence-electron chi connectivity index (χ0n) is 7.99. The van der Waals surface area contributed by atoms with E-state index in [4.69, 9.17) is 0 Å². The maximum atomic E-state index is 12.3. The normalized spacial score (nSPS) is 11.1. The summed E-state index contributed by atoms with van der Waals surface area (Å²) in [4.78, 5) is 10.8. The molecule has 0 aromatic carbocycles. The van der Waals surface area contributed by atoms with Crippen molar-refractivity contribution in [1.29, 1.82) is 0 Å². The highest BCUT2D eigenvalue weighted by Crippen LogP contribution is 2.20. The summed E-state index contributed by atoms with van der Waals surface area (Å²) in [5.74, 6) is -0.773. The summed E-state index contributed by atoms with van der Waals surface area (Å²) in [5, 5.41) is 0. The minimum Gasteiger partial charge on any atom is -0.461 e. The van der Waals surface area contributed by atoms with Crippen molar-refractivity contribution in [3.63, 3.8) is 0 Å². The van der Waals surface area contributed by atoms with E-state index in [0.717, 1.165) is 0 Å². The highest BCUT2D eigenvalue weighted by molar-refractivity contribution is 5.86. The molecule has 2 nitrogen and oxygen atoms in total. The van der Waals surface area contributed by atoms with E-state index in [1.807, 2.05) is 0 Å². The summed E-state index contributed by atoms with van der Waals surface area (Å²) < 4.78 is 41.3. The van der Waals surface area contributed by atoms with Crippen LogP contribution in [0.1, 0.15) is 6.92 Å². The third kappa shape index (κ3) is 3.40. The van der Waals surface area contributed by atoms with E-state index in [0.29, 0.717) is 0 Å². The fraction of sp³-hybridized carbons (Fsp3) is 0.667. The first-order valence-electron chi connectivity index (χ1n) is 4.02. The molecule has 14 heavy (non-hydrogen) atoms. The van der Waals surface area contributed by atoms with Crippen LogP contribution >= 0.6 is 0 Å². The number of alkyl halides is 3. The molecule has 0 aromatic heterocycles. The topological polar surface area (TPSA) is 26.3 Å². The van der Waals surface area contributed by atoms with Gasteiger partial charge >= 0.3 is 5.97 Å². The molecule has 0 saturated carbocycles. The molecule has 0 aliphatic heterocycles. The minimum atomic E-state index is -1.84. The quantitative estimate of drug-likeness (QED) is 0.495. The number of hydrogen-bond donors (Lipinski definition) is 0. The van der Waals surface area contributed by atoms with E-state index in [9.17, 15) is 18.0 Å². The van der Waals surface area contributed by atoms with Crippen molar-refractivity contribution in [2.75, 3.05) is 26.6 Å². The van der Waals surface area contributed by atoms with E-state index in [1.165, 1.54) is 6.92 Å². The Bertz CT molecular complexity index is 204. The lowest BCUT2D eigenvalue weighted by Crippen LogP contribution is -2.35. The molecule has 82 valence electrons. The van der Waals surface area contributed by atoms with Crippen molar-refractivity contribution in [2.45, 2.75) is 6.92 Å². The molecule has 0 N–H and O–H groups in total. The van der Waals surface area contributed by atoms with Crippen molar-refractivity contribution < 1.29 is 22.7 Å². The van der Waals surface area contributed by atoms with Crippen molar-refractivity contribution in [3.05, 3.63) is 12.2 Å². The third-order valence-corrected chi connectivity index (χ3v) is 1.71. The number of esters is 1. The molecule has 0 amide bonds. The Labute approximate surface area is 80.7 Å². The number of carbonyl (C=O) groups excluding carboxylic acids is 1. The van der Waals surface area contributed by atoms with Crippen LogP contribution in [0.15, 0.2) is 12.2 Å². The molecule has 5 heteroatoms. The van der Waals surface area contributed by atoms with E-state index < -0.39 is 38.0 Å². The number of ether oxygens (including phenoxy) is 1. The van der Waals surface area contributed by atoms with Gasteiger partial charge in [0.25, 0.3) is 0 Å². The second kappa shape index (κ2) is 5.67. The van der Waals surface area contributed by atoms with Crippen LogP contribution in [0, 0.1) is 5.41 Å². The number of carbonyl (C=O) groups is 1. The standard InChI is InChI=1S/C9H13F3O2/c1-7(2)8(13)14-6-9(3-10,4-11)5-12/h1,3-6H2,2H3. The number of halogens is 3. The van der Waals surface area contributed by atoms with Gasteiger partial charge in [0.15, 0.2) is 0 Å². The Balaban J connectivity index is 4.19. The van der Waals surface area contributed by atoms with E-state index in [2.05, 4.69) is 11.3 Å². The summed E-state index contributed by atoms with van der Waals surface area (Å²) in [7, 11) is 0. The summed E-state index contributed by atoms with van der Waals surface area (Å²) >= 11 is 0. The molecule has 0 unspecified atom stereocenters. The first-order valence-corrected chi connectivity index (χ1v) is 4.02. The molecular formula is C9H13F3O2. The van der Waals surface area contributed by atoms with Crippen LogP contribution in [0.3, 0.4) is 0 Å². The molecule has 0 atom stereocenters. The summed E-state index contributed by atoms with van der Waals surface area (Å²) in [6.07, 6.45) is 0. The summed E-state index contributed by atoms with van der Waals surface area (Å²) in [5.41, 5.74) is -1.74. The Morgan fingerprint density at radius 1 is 1.29 bits per heavy atom. The number of hydrogen-bond acceptors (Lipinski definition) is 2. The van der Waals surface area contributed by atoms with Crippen LogP contribution in [0.25, 0.3) is 0 Å². The lowest BCUT2D eigenvalue weighted by Gasteiger charge is -2.23. The molecule has 0 aliphatic rings. The summed E-state index contributed by atoms with van der Waals surface area (Å²) in [6.45, 7) is 0.447. The fourth-order valence-electron chi connectivity index (χ4n) is 0.565. The van der Waals surface area contributed by atoms with E-state index in [-0.39, 0.29) is 5.57 Å². The van der Waals surface area contributed by atoms with Crippen LogP contribution in [0.5, 0.6) is 0 Å². The Hall–Kier alpha value is -1.00. The monoisotopic (exact) mass is 210 g/mol. The van der Waals surface area contributed by atoms with Crippen molar-refractivity contribution >= 4 is 5.97 Å². The first-order chi connectivity index (χ1) is 6.51. The van der Waals surface area contributed by atoms with E-state index in [1.54, 1.807) is 0 Å². The van der Waals surface area contributed by atoms with Crippen LogP contribution < -0.4 is 0 Å². The fourth-order valence-corrected chi connectivity index (χ4v) is 0.565. The zero-order chi connectivity index (χ0) is 11.2. The molecule has 0 rings (SSSR count). The molecule has 0 bridgehead atoms. The van der Waals surface area contributed by atoms with Crippen molar-refractivity contribution in [2.24, 2.45) is 5.41 Å². The van der Waals surface area contributed by atoms with Crippen molar-refractivity contribution in [3.8, 4) is 0 Å². The van der Waals surface area contributed by atoms with Gasteiger partial charge in [-0.2, -0.15) is 0 Å². The predicted molar refractivity (Wildman–Crippen MR) is 46.1 cm³/mol. The molecule has 0 aromatic rings. The zero-order valence-corrected chi connectivity index (χ0v) is 7.99. The van der Waals surface area contributed by atoms with E-state index >= 15 is 0 Å². The van der Waals surface area contributed by atoms with Gasteiger partial charge in [0, 0.05) is 5.57 Å². The Kier molecular flexibility index (Phi) is 5.27. The predicted octanol–water partition coefficient (Wildman–Crippen LogP) is 2.00. The molecule has 0 fully saturated rings. The number of rotatable bonds is 6. The van der Waals surface area contributed by atoms with Gasteiger partial charge in [0.1, 0.15) is 26.6 Å². The maximum absolute atomic E-state index is 12.3. The van der Waals surface area contributed by atoms with Gasteiger partial charge in [-0.1, -0.05) is 6.58 Å². The average molecular weight is 210 g/mol. The second-order valence-corrected chi connectivity index (χ2v) is 3.26. The molecule has 0 spiro atoms. The lowest BCUT2D eigenvalue weighted by molar-refractivity contribution is -0.143. The smallest absolute Gasteiger partial charge is 0.333 e. The molecular weight excluding hydrogens is 197 g/mol. The first kappa shape index (κ1) is 13.0. The maximum Gasteiger partial charge on any atom is 0.333 e. The van der Waals surface area contributed by atoms with Gasteiger partial charge in [0.05, 0.1) is 5.41 Å². The second-order valence-electron chi connectivity index (χ2n) is 3.26. The molecule has 0 radical (unpaired) electrons. The van der Waals surface area contributed by atoms with Crippen LogP contribution in [-0.2, 0) is 9.53 Å². The molecule has 0 aliphatic carbocycles. The van der Waals surface area contributed by atoms with Gasteiger partial charge in [0.2, 0.25) is 0 Å². The van der Waals surface area contributed by atoms with Gasteiger partial charge in [-0.25, -0.2) is 4.79 Å². The van der Waals surface area contributed by atoms with Crippen LogP contribution in [0.4, 0.5) is 13.2 Å². The van der Waals surface area contributed by atoms with Crippen LogP contribution in [-0.4, -0.2) is 32.6 Å². The Morgan fingerprint density at radius 2 is 1.71 bits per heavy atom.